The van der Waals surface area contributed by atoms with Gasteiger partial charge >= 0.3 is 0 Å². The number of nitrogens with zero attached hydrogens (tertiary/aromatic N) is 2. The average molecular weight is 400 g/mol. The maximum absolute atomic E-state index is 12.8. The molecule has 0 aliphatic heterocycles. The number of aryl methyl sites for hydroxylation is 2. The van der Waals surface area contributed by atoms with Crippen LogP contribution in [0.15, 0.2) is 83.3 Å². The minimum absolute atomic E-state index is 0.166. The molecule has 1 N–H and O–H groups in total. The average Bonchev–Trinajstić information content (AvgIpc) is 3.20. The van der Waals surface area contributed by atoms with Crippen LogP contribution in [0.2, 0.25) is 0 Å². The predicted octanol–water partition coefficient (Wildman–Crippen LogP) is 4.42. The molecule has 4 rings (SSSR count). The summed E-state index contributed by atoms with van der Waals surface area (Å²) in [7, 11) is 1.69. The number of benzene rings is 3. The van der Waals surface area contributed by atoms with Crippen molar-refractivity contribution in [3.05, 3.63) is 101 Å². The lowest BCUT2D eigenvalue weighted by Crippen LogP contribution is -2.31. The highest BCUT2D eigenvalue weighted by Gasteiger charge is 2.18. The summed E-state index contributed by atoms with van der Waals surface area (Å²) in [6, 6.07) is 24.8. The summed E-state index contributed by atoms with van der Waals surface area (Å²) in [4.78, 5) is 18.9. The lowest BCUT2D eigenvalue weighted by molar-refractivity contribution is 0.0681. The van der Waals surface area contributed by atoms with E-state index in [0.29, 0.717) is 29.0 Å². The molecule has 5 nitrogen and oxygen atoms in total. The molecule has 0 saturated carbocycles. The standard InChI is InChI=1S/C25H24N2O3/c1-27(17-22(28)19-10-6-3-7-11-19)25(29)20-13-14-23-21(16-20)26-24(30-23)15-12-18-8-4-2-5-9-18/h2-11,13-14,16,22,28H,12,15,17H2,1H3/t22-/m0/s1. The zero-order chi connectivity index (χ0) is 20.9. The number of carbonyl (C=O) groups is 1. The van der Waals surface area contributed by atoms with Gasteiger partial charge in [-0.3, -0.25) is 4.79 Å². The lowest BCUT2D eigenvalue weighted by Gasteiger charge is -2.21. The van der Waals surface area contributed by atoms with Crippen molar-refractivity contribution in [3.63, 3.8) is 0 Å². The first kappa shape index (κ1) is 19.9. The zero-order valence-electron chi connectivity index (χ0n) is 16.9. The molecular weight excluding hydrogens is 376 g/mol. The van der Waals surface area contributed by atoms with Crippen LogP contribution in [0.25, 0.3) is 11.1 Å². The maximum Gasteiger partial charge on any atom is 0.253 e. The highest BCUT2D eigenvalue weighted by Crippen LogP contribution is 2.20. The zero-order valence-corrected chi connectivity index (χ0v) is 16.9. The third-order valence-corrected chi connectivity index (χ3v) is 5.13. The van der Waals surface area contributed by atoms with Crippen molar-refractivity contribution < 1.29 is 14.3 Å². The second kappa shape index (κ2) is 8.93. The largest absolute Gasteiger partial charge is 0.441 e. The van der Waals surface area contributed by atoms with Gasteiger partial charge in [-0.2, -0.15) is 0 Å². The van der Waals surface area contributed by atoms with E-state index in [9.17, 15) is 9.90 Å². The smallest absolute Gasteiger partial charge is 0.253 e. The van der Waals surface area contributed by atoms with Crippen LogP contribution >= 0.6 is 0 Å². The summed E-state index contributed by atoms with van der Waals surface area (Å²) in [5.41, 5.74) is 3.87. The third kappa shape index (κ3) is 4.58. The molecule has 5 heteroatoms. The highest BCUT2D eigenvalue weighted by atomic mass is 16.3. The minimum atomic E-state index is -0.736. The lowest BCUT2D eigenvalue weighted by atomic mass is 10.1. The first-order valence-electron chi connectivity index (χ1n) is 10.0. The summed E-state index contributed by atoms with van der Waals surface area (Å²) in [5.74, 6) is 0.493. The van der Waals surface area contributed by atoms with Gasteiger partial charge < -0.3 is 14.4 Å². The van der Waals surface area contributed by atoms with E-state index in [2.05, 4.69) is 17.1 Å². The molecule has 0 aliphatic rings. The topological polar surface area (TPSA) is 66.6 Å². The van der Waals surface area contributed by atoms with Crippen LogP contribution in [0.3, 0.4) is 0 Å². The van der Waals surface area contributed by atoms with Gasteiger partial charge in [0.25, 0.3) is 5.91 Å². The molecule has 1 heterocycles. The monoisotopic (exact) mass is 400 g/mol. The Balaban J connectivity index is 1.44. The van der Waals surface area contributed by atoms with Crippen LogP contribution in [0.1, 0.15) is 33.5 Å². The quantitative estimate of drug-likeness (QED) is 0.499. The molecular formula is C25H24N2O3. The number of aliphatic hydroxyl groups excluding tert-OH is 1. The van der Waals surface area contributed by atoms with Crippen molar-refractivity contribution in [1.29, 1.82) is 0 Å². The van der Waals surface area contributed by atoms with E-state index in [1.165, 1.54) is 10.5 Å². The summed E-state index contributed by atoms with van der Waals surface area (Å²) in [6.45, 7) is 0.210. The number of oxazole rings is 1. The molecule has 1 amide bonds. The number of hydrogen-bond donors (Lipinski definition) is 1. The Hall–Kier alpha value is -3.44. The van der Waals surface area contributed by atoms with Gasteiger partial charge in [0.1, 0.15) is 5.52 Å². The number of carbonyl (C=O) groups excluding carboxylic acids is 1. The van der Waals surface area contributed by atoms with E-state index < -0.39 is 6.10 Å². The van der Waals surface area contributed by atoms with E-state index in [-0.39, 0.29) is 12.5 Å². The first-order chi connectivity index (χ1) is 14.6. The van der Waals surface area contributed by atoms with Crippen LogP contribution in [0.5, 0.6) is 0 Å². The van der Waals surface area contributed by atoms with Gasteiger partial charge in [0.05, 0.1) is 12.6 Å². The van der Waals surface area contributed by atoms with Crippen molar-refractivity contribution >= 4 is 17.0 Å². The summed E-state index contributed by atoms with van der Waals surface area (Å²) in [5, 5.41) is 10.4. The fourth-order valence-electron chi connectivity index (χ4n) is 3.45. The molecule has 152 valence electrons. The Bertz CT molecular complexity index is 1120. The Morgan fingerprint density at radius 3 is 2.43 bits per heavy atom. The Morgan fingerprint density at radius 2 is 1.70 bits per heavy atom. The van der Waals surface area contributed by atoms with E-state index in [1.54, 1.807) is 25.2 Å². The molecule has 0 aliphatic carbocycles. The number of fused-ring (bicyclic) bond motifs is 1. The molecule has 3 aromatic carbocycles. The van der Waals surface area contributed by atoms with Gasteiger partial charge in [0.15, 0.2) is 11.5 Å². The summed E-state index contributed by atoms with van der Waals surface area (Å²) in [6.07, 6.45) is 0.811. The molecule has 30 heavy (non-hydrogen) atoms. The van der Waals surface area contributed by atoms with E-state index in [1.807, 2.05) is 48.5 Å². The Morgan fingerprint density at radius 1 is 1.00 bits per heavy atom. The first-order valence-corrected chi connectivity index (χ1v) is 10.0. The van der Waals surface area contributed by atoms with Gasteiger partial charge in [0.2, 0.25) is 0 Å². The number of hydrogen-bond acceptors (Lipinski definition) is 4. The predicted molar refractivity (Wildman–Crippen MR) is 116 cm³/mol. The molecule has 0 saturated heterocycles. The van der Waals surface area contributed by atoms with E-state index >= 15 is 0 Å². The van der Waals surface area contributed by atoms with Gasteiger partial charge in [-0.1, -0.05) is 60.7 Å². The minimum Gasteiger partial charge on any atom is -0.441 e. The van der Waals surface area contributed by atoms with Gasteiger partial charge in [0, 0.05) is 19.0 Å². The SMILES string of the molecule is CN(C[C@H](O)c1ccccc1)C(=O)c1ccc2oc(CCc3ccccc3)nc2c1. The normalized spacial score (nSPS) is 12.1. The molecule has 0 bridgehead atoms. The molecule has 0 radical (unpaired) electrons. The second-order valence-electron chi connectivity index (χ2n) is 7.39. The van der Waals surface area contributed by atoms with E-state index in [0.717, 1.165) is 12.0 Å². The fraction of sp³-hybridized carbons (Fsp3) is 0.200. The van der Waals surface area contributed by atoms with Crippen molar-refractivity contribution in [2.75, 3.05) is 13.6 Å². The van der Waals surface area contributed by atoms with Gasteiger partial charge in [-0.05, 0) is 35.7 Å². The van der Waals surface area contributed by atoms with Crippen molar-refractivity contribution in [3.8, 4) is 0 Å². The van der Waals surface area contributed by atoms with Gasteiger partial charge in [-0.15, -0.1) is 0 Å². The molecule has 4 aromatic rings. The number of likely N-dealkylation sites (N-methyl/N-ethyl adjacent to an activating group) is 1. The van der Waals surface area contributed by atoms with Crippen molar-refractivity contribution in [2.45, 2.75) is 18.9 Å². The molecule has 1 atom stereocenters. The molecule has 0 spiro atoms. The van der Waals surface area contributed by atoms with Crippen LogP contribution in [0, 0.1) is 0 Å². The summed E-state index contributed by atoms with van der Waals surface area (Å²) >= 11 is 0. The third-order valence-electron chi connectivity index (χ3n) is 5.13. The fourth-order valence-corrected chi connectivity index (χ4v) is 3.45. The Labute approximate surface area is 175 Å². The van der Waals surface area contributed by atoms with Gasteiger partial charge in [-0.25, -0.2) is 4.98 Å². The van der Waals surface area contributed by atoms with E-state index in [4.69, 9.17) is 4.42 Å². The molecule has 0 unspecified atom stereocenters. The highest BCUT2D eigenvalue weighted by molar-refractivity contribution is 5.97. The summed E-state index contributed by atoms with van der Waals surface area (Å²) < 4.78 is 5.83. The van der Waals surface area contributed by atoms with Crippen LogP contribution in [0.4, 0.5) is 0 Å². The second-order valence-corrected chi connectivity index (χ2v) is 7.39. The van der Waals surface area contributed by atoms with Crippen LogP contribution in [-0.2, 0) is 12.8 Å². The number of rotatable bonds is 7. The van der Waals surface area contributed by atoms with Crippen molar-refractivity contribution in [1.82, 2.24) is 9.88 Å². The van der Waals surface area contributed by atoms with Crippen molar-refractivity contribution in [2.24, 2.45) is 0 Å². The molecule has 0 fully saturated rings. The maximum atomic E-state index is 12.8. The van der Waals surface area contributed by atoms with Crippen LogP contribution in [-0.4, -0.2) is 34.5 Å². The number of aliphatic hydroxyl groups is 1. The molecule has 1 aromatic heterocycles. The Kier molecular flexibility index (Phi) is 5.91. The number of aromatic nitrogens is 1. The number of amides is 1. The van der Waals surface area contributed by atoms with Crippen LogP contribution < -0.4 is 0 Å².